The Kier molecular flexibility index (Phi) is 3.89. The van der Waals surface area contributed by atoms with Crippen LogP contribution in [0.2, 0.25) is 0 Å². The number of anilines is 1. The molecule has 0 unspecified atom stereocenters. The zero-order valence-corrected chi connectivity index (χ0v) is 14.5. The quantitative estimate of drug-likeness (QED) is 0.630. The maximum Gasteiger partial charge on any atom is 0.174 e. The molecule has 25 heavy (non-hydrogen) atoms. The van der Waals surface area contributed by atoms with Gasteiger partial charge in [-0.2, -0.15) is 0 Å². The Bertz CT molecular complexity index is 891. The summed E-state index contributed by atoms with van der Waals surface area (Å²) < 4.78 is 0. The van der Waals surface area contributed by atoms with E-state index in [0.29, 0.717) is 5.11 Å². The first kappa shape index (κ1) is 15.7. The number of pyridine rings is 1. The monoisotopic (exact) mass is 350 g/mol. The van der Waals surface area contributed by atoms with Gasteiger partial charge in [-0.1, -0.05) is 6.07 Å². The molecule has 3 heterocycles. The lowest BCUT2D eigenvalue weighted by Gasteiger charge is -2.27. The largest absolute Gasteiger partial charge is 0.508 e. The topological polar surface area (TPSA) is 64.2 Å². The molecule has 0 saturated carbocycles. The Balaban J connectivity index is 1.81. The van der Waals surface area contributed by atoms with Crippen LogP contribution in [-0.2, 0) is 0 Å². The number of aromatic amines is 1. The summed E-state index contributed by atoms with van der Waals surface area (Å²) in [7, 11) is 0. The molecule has 0 spiro atoms. The summed E-state index contributed by atoms with van der Waals surface area (Å²) >= 11 is 5.63. The van der Waals surface area contributed by atoms with Crippen molar-refractivity contribution in [2.45, 2.75) is 19.0 Å². The Hall–Kier alpha value is -2.86. The summed E-state index contributed by atoms with van der Waals surface area (Å²) in [6, 6.07) is 17.0. The van der Waals surface area contributed by atoms with Gasteiger partial charge in [-0.25, -0.2) is 0 Å². The third-order valence-corrected chi connectivity index (χ3v) is 4.71. The number of hydrogen-bond acceptors (Lipinski definition) is 3. The van der Waals surface area contributed by atoms with E-state index in [2.05, 4.69) is 32.3 Å². The maximum atomic E-state index is 9.60. The molecule has 0 aliphatic carbocycles. The Labute approximate surface area is 151 Å². The lowest BCUT2D eigenvalue weighted by Crippen LogP contribution is -2.29. The number of aromatic nitrogens is 2. The highest BCUT2D eigenvalue weighted by molar-refractivity contribution is 7.80. The van der Waals surface area contributed by atoms with E-state index < -0.39 is 0 Å². The second-order valence-electron chi connectivity index (χ2n) is 6.11. The Morgan fingerprint density at radius 3 is 2.52 bits per heavy atom. The van der Waals surface area contributed by atoms with Crippen LogP contribution in [0.3, 0.4) is 0 Å². The lowest BCUT2D eigenvalue weighted by molar-refractivity contribution is 0.475. The number of H-pyrrole nitrogens is 1. The van der Waals surface area contributed by atoms with Crippen molar-refractivity contribution < 1.29 is 5.11 Å². The van der Waals surface area contributed by atoms with Crippen molar-refractivity contribution in [3.05, 3.63) is 77.9 Å². The molecule has 1 aromatic carbocycles. The van der Waals surface area contributed by atoms with E-state index in [1.165, 1.54) is 0 Å². The number of phenolic OH excluding ortho intramolecular Hbond substituents is 1. The zero-order valence-electron chi connectivity index (χ0n) is 13.7. The molecule has 1 aliphatic heterocycles. The number of phenols is 1. The molecule has 3 N–H and O–H groups in total. The minimum absolute atomic E-state index is 0.0550. The van der Waals surface area contributed by atoms with Crippen molar-refractivity contribution >= 4 is 23.0 Å². The van der Waals surface area contributed by atoms with E-state index >= 15 is 0 Å². The number of benzene rings is 1. The molecule has 0 radical (unpaired) electrons. The van der Waals surface area contributed by atoms with E-state index in [0.717, 1.165) is 22.8 Å². The number of aryl methyl sites for hydroxylation is 1. The second-order valence-corrected chi connectivity index (χ2v) is 6.50. The van der Waals surface area contributed by atoms with Gasteiger partial charge in [-0.05, 0) is 67.7 Å². The zero-order chi connectivity index (χ0) is 17.4. The number of aromatic hydroxyl groups is 1. The van der Waals surface area contributed by atoms with Gasteiger partial charge in [-0.3, -0.25) is 4.98 Å². The molecule has 1 aliphatic rings. The predicted molar refractivity (Wildman–Crippen MR) is 102 cm³/mol. The normalized spacial score (nSPS) is 19.9. The van der Waals surface area contributed by atoms with E-state index in [9.17, 15) is 5.11 Å². The van der Waals surface area contributed by atoms with Gasteiger partial charge in [0, 0.05) is 23.3 Å². The average molecular weight is 350 g/mol. The molecular weight excluding hydrogens is 332 g/mol. The molecule has 1 saturated heterocycles. The highest BCUT2D eigenvalue weighted by Gasteiger charge is 2.41. The lowest BCUT2D eigenvalue weighted by atomic mass is 10.0. The molecule has 1 fully saturated rings. The van der Waals surface area contributed by atoms with Crippen LogP contribution in [-0.4, -0.2) is 20.2 Å². The fourth-order valence-corrected chi connectivity index (χ4v) is 3.61. The minimum atomic E-state index is -0.0689. The Morgan fingerprint density at radius 2 is 1.88 bits per heavy atom. The first-order chi connectivity index (χ1) is 12.1. The number of rotatable bonds is 3. The number of nitrogens with one attached hydrogen (secondary N) is 2. The van der Waals surface area contributed by atoms with Crippen molar-refractivity contribution in [2.75, 3.05) is 4.90 Å². The fraction of sp³-hybridized carbons (Fsp3) is 0.158. The number of thiocarbonyl (C=S) groups is 1. The molecular formula is C19H18N4OS. The van der Waals surface area contributed by atoms with Crippen LogP contribution in [0.25, 0.3) is 0 Å². The van der Waals surface area contributed by atoms with Crippen LogP contribution in [0.4, 0.5) is 5.69 Å². The van der Waals surface area contributed by atoms with E-state index in [1.807, 2.05) is 37.3 Å². The van der Waals surface area contributed by atoms with Crippen LogP contribution in [0, 0.1) is 6.92 Å². The standard InChI is InChI=1S/C19H18N4OS/c1-12-5-10-16(21-12)18-17(15-4-2-3-11-20-15)22-19(25)23(18)13-6-8-14(24)9-7-13/h2-11,17-18,21,24H,1H3,(H,22,25)/t17-,18+/m0/s1. The van der Waals surface area contributed by atoms with Gasteiger partial charge in [0.25, 0.3) is 0 Å². The highest BCUT2D eigenvalue weighted by atomic mass is 32.1. The van der Waals surface area contributed by atoms with Crippen molar-refractivity contribution in [3.8, 4) is 5.75 Å². The second kappa shape index (κ2) is 6.22. The summed E-state index contributed by atoms with van der Waals surface area (Å²) in [4.78, 5) is 10.0. The molecule has 5 nitrogen and oxygen atoms in total. The number of nitrogens with zero attached hydrogens (tertiary/aromatic N) is 2. The molecule has 3 aromatic rings. The summed E-state index contributed by atoms with van der Waals surface area (Å²) in [6.07, 6.45) is 1.79. The summed E-state index contributed by atoms with van der Waals surface area (Å²) in [5.74, 6) is 0.232. The van der Waals surface area contributed by atoms with E-state index in [-0.39, 0.29) is 17.8 Å². The van der Waals surface area contributed by atoms with Crippen LogP contribution in [0.15, 0.2) is 60.8 Å². The van der Waals surface area contributed by atoms with Gasteiger partial charge in [-0.15, -0.1) is 0 Å². The molecule has 2 aromatic heterocycles. The van der Waals surface area contributed by atoms with Crippen LogP contribution >= 0.6 is 12.2 Å². The SMILES string of the molecule is Cc1ccc([C@@H]2[C@H](c3ccccn3)NC(=S)N2c2ccc(O)cc2)[nH]1. The van der Waals surface area contributed by atoms with Crippen molar-refractivity contribution in [1.82, 2.24) is 15.3 Å². The van der Waals surface area contributed by atoms with Gasteiger partial charge >= 0.3 is 0 Å². The van der Waals surface area contributed by atoms with Crippen molar-refractivity contribution in [2.24, 2.45) is 0 Å². The summed E-state index contributed by atoms with van der Waals surface area (Å²) in [5, 5.41) is 13.6. The molecule has 2 atom stereocenters. The van der Waals surface area contributed by atoms with E-state index in [4.69, 9.17) is 12.2 Å². The van der Waals surface area contributed by atoms with Gasteiger partial charge in [0.2, 0.25) is 0 Å². The van der Waals surface area contributed by atoms with E-state index in [1.54, 1.807) is 18.3 Å². The molecule has 4 rings (SSSR count). The average Bonchev–Trinajstić information content (AvgIpc) is 3.20. The van der Waals surface area contributed by atoms with Gasteiger partial charge < -0.3 is 20.3 Å². The summed E-state index contributed by atoms with van der Waals surface area (Å²) in [6.45, 7) is 2.03. The van der Waals surface area contributed by atoms with Crippen molar-refractivity contribution in [1.29, 1.82) is 0 Å². The molecule has 126 valence electrons. The summed E-state index contributed by atoms with van der Waals surface area (Å²) in [5.41, 5.74) is 4.01. The van der Waals surface area contributed by atoms with Crippen LogP contribution < -0.4 is 10.2 Å². The van der Waals surface area contributed by atoms with Crippen molar-refractivity contribution in [3.63, 3.8) is 0 Å². The number of hydrogen-bond donors (Lipinski definition) is 3. The minimum Gasteiger partial charge on any atom is -0.508 e. The molecule has 0 bridgehead atoms. The van der Waals surface area contributed by atoms with Gasteiger partial charge in [0.15, 0.2) is 5.11 Å². The first-order valence-electron chi connectivity index (χ1n) is 8.09. The van der Waals surface area contributed by atoms with Crippen LogP contribution in [0.1, 0.15) is 29.2 Å². The molecule has 0 amide bonds. The highest BCUT2D eigenvalue weighted by Crippen LogP contribution is 2.41. The first-order valence-corrected chi connectivity index (χ1v) is 8.49. The van der Waals surface area contributed by atoms with Gasteiger partial charge in [0.1, 0.15) is 11.8 Å². The fourth-order valence-electron chi connectivity index (χ4n) is 3.26. The third-order valence-electron chi connectivity index (χ3n) is 4.40. The maximum absolute atomic E-state index is 9.60. The smallest absolute Gasteiger partial charge is 0.174 e. The van der Waals surface area contributed by atoms with Gasteiger partial charge in [0.05, 0.1) is 11.7 Å². The molecule has 6 heteroatoms. The predicted octanol–water partition coefficient (Wildman–Crippen LogP) is 3.60. The third kappa shape index (κ3) is 2.85. The Morgan fingerprint density at radius 1 is 1.08 bits per heavy atom. The van der Waals surface area contributed by atoms with Crippen LogP contribution in [0.5, 0.6) is 5.75 Å².